The Balaban J connectivity index is 1.47. The Labute approximate surface area is 210 Å². The first-order valence-electron chi connectivity index (χ1n) is 12.0. The summed E-state index contributed by atoms with van der Waals surface area (Å²) in [6.45, 7) is 3.58. The van der Waals surface area contributed by atoms with Crippen LogP contribution < -0.4 is 21.3 Å². The molecule has 1 saturated heterocycles. The fourth-order valence-electron chi connectivity index (χ4n) is 4.28. The maximum atomic E-state index is 12.4. The quantitative estimate of drug-likeness (QED) is 0.328. The van der Waals surface area contributed by atoms with Crippen molar-refractivity contribution in [2.45, 2.75) is 25.7 Å². The smallest absolute Gasteiger partial charge is 0.330 e. The molecule has 0 radical (unpaired) electrons. The average molecular weight is 487 g/mol. The van der Waals surface area contributed by atoms with Crippen molar-refractivity contribution in [2.24, 2.45) is 0 Å². The number of ether oxygens (including phenoxy) is 1. The summed E-state index contributed by atoms with van der Waals surface area (Å²) in [7, 11) is 0. The number of piperidine rings is 1. The molecule has 186 valence electrons. The topological polar surface area (TPSA) is 122 Å². The number of benzene rings is 2. The molecule has 0 spiro atoms. The monoisotopic (exact) mass is 486 g/mol. The minimum Gasteiger partial charge on any atom is -0.463 e. The van der Waals surface area contributed by atoms with Crippen LogP contribution in [0.4, 0.5) is 27.8 Å². The number of amides is 2. The third-order valence-electron chi connectivity index (χ3n) is 5.93. The van der Waals surface area contributed by atoms with Gasteiger partial charge in [0.2, 0.25) is 0 Å². The highest BCUT2D eigenvalue weighted by Crippen LogP contribution is 2.33. The van der Waals surface area contributed by atoms with Crippen molar-refractivity contribution in [2.75, 3.05) is 41.0 Å². The first-order chi connectivity index (χ1) is 17.5. The van der Waals surface area contributed by atoms with Gasteiger partial charge in [0.25, 0.3) is 0 Å². The van der Waals surface area contributed by atoms with Gasteiger partial charge in [-0.05, 0) is 55.7 Å². The molecule has 2 amide bonds. The van der Waals surface area contributed by atoms with Crippen LogP contribution in [0.3, 0.4) is 0 Å². The van der Waals surface area contributed by atoms with E-state index in [1.807, 2.05) is 48.5 Å². The molecule has 4 N–H and O–H groups in total. The van der Waals surface area contributed by atoms with Gasteiger partial charge in [0.15, 0.2) is 0 Å². The molecule has 9 heteroatoms. The predicted octanol–water partition coefficient (Wildman–Crippen LogP) is 4.66. The largest absolute Gasteiger partial charge is 0.463 e. The van der Waals surface area contributed by atoms with E-state index >= 15 is 0 Å². The summed E-state index contributed by atoms with van der Waals surface area (Å²) in [5, 5.41) is 5.75. The van der Waals surface area contributed by atoms with Crippen molar-refractivity contribution in [3.63, 3.8) is 0 Å². The molecular formula is C27H30N6O3. The van der Waals surface area contributed by atoms with Crippen molar-refractivity contribution in [3.05, 3.63) is 78.1 Å². The number of aromatic nitrogens is 2. The summed E-state index contributed by atoms with van der Waals surface area (Å²) >= 11 is 0. The number of hydrogen-bond donors (Lipinski definition) is 3. The van der Waals surface area contributed by atoms with Gasteiger partial charge in [0.05, 0.1) is 12.2 Å². The Bertz CT molecular complexity index is 1230. The Hall–Kier alpha value is -4.40. The molecule has 1 fully saturated rings. The molecule has 1 atom stereocenters. The van der Waals surface area contributed by atoms with E-state index in [2.05, 4.69) is 31.6 Å². The first kappa shape index (κ1) is 24.7. The highest BCUT2D eigenvalue weighted by atomic mass is 16.5. The predicted molar refractivity (Wildman–Crippen MR) is 142 cm³/mol. The summed E-state index contributed by atoms with van der Waals surface area (Å²) in [5.74, 6) is 0.780. The van der Waals surface area contributed by atoms with Gasteiger partial charge in [-0.1, -0.05) is 30.3 Å². The average Bonchev–Trinajstić information content (AvgIpc) is 2.89. The molecule has 0 bridgehead atoms. The summed E-state index contributed by atoms with van der Waals surface area (Å²) < 4.78 is 4.98. The number of rotatable bonds is 7. The van der Waals surface area contributed by atoms with E-state index in [-0.39, 0.29) is 11.9 Å². The number of nitrogen functional groups attached to an aromatic ring is 1. The lowest BCUT2D eigenvalue weighted by atomic mass is 9.90. The molecule has 1 aromatic heterocycles. The number of hydrogen-bond acceptors (Lipinski definition) is 7. The van der Waals surface area contributed by atoms with Crippen molar-refractivity contribution >= 4 is 41.1 Å². The van der Waals surface area contributed by atoms with Gasteiger partial charge in [0, 0.05) is 36.5 Å². The molecule has 2 heterocycles. The number of anilines is 4. The van der Waals surface area contributed by atoms with E-state index in [0.29, 0.717) is 23.8 Å². The Kier molecular flexibility index (Phi) is 8.12. The van der Waals surface area contributed by atoms with Crippen LogP contribution in [0.2, 0.25) is 0 Å². The number of carbonyl (C=O) groups is 2. The number of carbonyl (C=O) groups excluding carboxylic acids is 2. The minimum atomic E-state index is -0.441. The second-order valence-corrected chi connectivity index (χ2v) is 8.44. The van der Waals surface area contributed by atoms with Crippen LogP contribution in [0.15, 0.2) is 67.0 Å². The van der Waals surface area contributed by atoms with Crippen LogP contribution >= 0.6 is 0 Å². The maximum absolute atomic E-state index is 12.4. The van der Waals surface area contributed by atoms with Gasteiger partial charge in [-0.15, -0.1) is 0 Å². The Morgan fingerprint density at radius 3 is 2.69 bits per heavy atom. The zero-order valence-corrected chi connectivity index (χ0v) is 20.2. The molecule has 0 saturated carbocycles. The highest BCUT2D eigenvalue weighted by molar-refractivity contribution is 5.99. The zero-order valence-electron chi connectivity index (χ0n) is 20.2. The molecule has 4 rings (SSSR count). The molecule has 36 heavy (non-hydrogen) atoms. The van der Waals surface area contributed by atoms with Gasteiger partial charge in [-0.2, -0.15) is 0 Å². The van der Waals surface area contributed by atoms with Crippen LogP contribution in [0.1, 0.15) is 36.8 Å². The zero-order chi connectivity index (χ0) is 25.3. The minimum absolute atomic E-state index is 0.232. The lowest BCUT2D eigenvalue weighted by molar-refractivity contribution is -0.137. The van der Waals surface area contributed by atoms with E-state index in [9.17, 15) is 9.59 Å². The molecule has 1 aliphatic rings. The second-order valence-electron chi connectivity index (χ2n) is 8.44. The molecule has 3 aromatic rings. The van der Waals surface area contributed by atoms with Gasteiger partial charge in [-0.3, -0.25) is 0 Å². The Morgan fingerprint density at radius 2 is 1.89 bits per heavy atom. The van der Waals surface area contributed by atoms with Crippen LogP contribution in [0, 0.1) is 0 Å². The van der Waals surface area contributed by atoms with Crippen LogP contribution in [0.25, 0.3) is 6.08 Å². The van der Waals surface area contributed by atoms with Gasteiger partial charge >= 0.3 is 12.0 Å². The van der Waals surface area contributed by atoms with Crippen LogP contribution in [-0.4, -0.2) is 41.7 Å². The highest BCUT2D eigenvalue weighted by Gasteiger charge is 2.25. The normalized spacial score (nSPS) is 15.5. The number of para-hydroxylation sites is 1. The van der Waals surface area contributed by atoms with E-state index in [4.69, 9.17) is 10.5 Å². The fourth-order valence-corrected chi connectivity index (χ4v) is 4.28. The SMILES string of the molecule is CCOC(=O)C=Cc1c(N)ncnc1N1CCCC(c2cccc(NC(=O)Nc3ccccc3)c2)C1. The van der Waals surface area contributed by atoms with Crippen LogP contribution in [-0.2, 0) is 9.53 Å². The molecule has 2 aromatic carbocycles. The molecule has 9 nitrogen and oxygen atoms in total. The fraction of sp³-hybridized carbons (Fsp3) is 0.259. The third-order valence-corrected chi connectivity index (χ3v) is 5.93. The molecule has 0 aliphatic carbocycles. The summed E-state index contributed by atoms with van der Waals surface area (Å²) in [6.07, 6.45) is 6.36. The summed E-state index contributed by atoms with van der Waals surface area (Å²) in [6, 6.07) is 16.9. The summed E-state index contributed by atoms with van der Waals surface area (Å²) in [4.78, 5) is 35.0. The number of esters is 1. The van der Waals surface area contributed by atoms with Crippen LogP contribution in [0.5, 0.6) is 0 Å². The second kappa shape index (κ2) is 11.8. The van der Waals surface area contributed by atoms with Crippen molar-refractivity contribution in [3.8, 4) is 0 Å². The van der Waals surface area contributed by atoms with E-state index < -0.39 is 5.97 Å². The standard InChI is InChI=1S/C27H30N6O3/c1-2-36-24(34)14-13-23-25(28)29-18-30-26(23)33-15-7-9-20(17-33)19-8-6-12-22(16-19)32-27(35)31-21-10-4-3-5-11-21/h3-6,8,10-14,16,18,20H,2,7,9,15,17H2,1H3,(H2,28,29,30)(H2,31,32,35). The molecule has 1 aliphatic heterocycles. The van der Waals surface area contributed by atoms with Gasteiger partial charge in [0.1, 0.15) is 18.0 Å². The van der Waals surface area contributed by atoms with Crippen molar-refractivity contribution in [1.82, 2.24) is 9.97 Å². The summed E-state index contributed by atoms with van der Waals surface area (Å²) in [5.41, 5.74) is 9.30. The lowest BCUT2D eigenvalue weighted by Gasteiger charge is -2.34. The lowest BCUT2D eigenvalue weighted by Crippen LogP contribution is -2.35. The van der Waals surface area contributed by atoms with E-state index in [0.717, 1.165) is 42.9 Å². The van der Waals surface area contributed by atoms with Crippen molar-refractivity contribution < 1.29 is 14.3 Å². The molecular weight excluding hydrogens is 456 g/mol. The van der Waals surface area contributed by atoms with Gasteiger partial charge < -0.3 is 26.0 Å². The van der Waals surface area contributed by atoms with Gasteiger partial charge in [-0.25, -0.2) is 19.6 Å². The number of nitrogens with two attached hydrogens (primary N) is 1. The molecule has 1 unspecified atom stereocenters. The number of nitrogens with zero attached hydrogens (tertiary/aromatic N) is 3. The van der Waals surface area contributed by atoms with Crippen molar-refractivity contribution in [1.29, 1.82) is 0 Å². The first-order valence-corrected chi connectivity index (χ1v) is 12.0. The number of nitrogens with one attached hydrogen (secondary N) is 2. The van der Waals surface area contributed by atoms with E-state index in [1.54, 1.807) is 13.0 Å². The Morgan fingerprint density at radius 1 is 1.11 bits per heavy atom. The van der Waals surface area contributed by atoms with E-state index in [1.165, 1.54) is 12.4 Å². The maximum Gasteiger partial charge on any atom is 0.330 e. The number of urea groups is 1. The third kappa shape index (κ3) is 6.38.